The van der Waals surface area contributed by atoms with Gasteiger partial charge in [-0.1, -0.05) is 0 Å². The minimum atomic E-state index is -3.63. The summed E-state index contributed by atoms with van der Waals surface area (Å²) < 4.78 is 21.6. The van der Waals surface area contributed by atoms with Crippen molar-refractivity contribution < 1.29 is 8.42 Å². The number of aryl methyl sites for hydroxylation is 1. The average Bonchev–Trinajstić information content (AvgIpc) is 1.92. The van der Waals surface area contributed by atoms with E-state index < -0.39 is 9.05 Å². The molecule has 12 heavy (non-hydrogen) atoms. The molecule has 1 aromatic rings. The van der Waals surface area contributed by atoms with E-state index in [4.69, 9.17) is 16.4 Å². The van der Waals surface area contributed by atoms with Crippen molar-refractivity contribution in [2.24, 2.45) is 0 Å². The third-order valence-corrected chi connectivity index (χ3v) is 2.87. The van der Waals surface area contributed by atoms with Crippen LogP contribution in [-0.2, 0) is 9.05 Å². The van der Waals surface area contributed by atoms with E-state index in [1.54, 1.807) is 6.92 Å². The van der Waals surface area contributed by atoms with E-state index >= 15 is 0 Å². The molecule has 2 N–H and O–H groups in total. The van der Waals surface area contributed by atoms with Gasteiger partial charge in [-0.2, -0.15) is 0 Å². The number of benzene rings is 1. The molecule has 0 atom stereocenters. The summed E-state index contributed by atoms with van der Waals surface area (Å²) in [7, 11) is 1.49. The van der Waals surface area contributed by atoms with Crippen LogP contribution in [0.3, 0.4) is 0 Å². The first-order valence-corrected chi connectivity index (χ1v) is 5.53. The first-order valence-electron chi connectivity index (χ1n) is 3.22. The molecule has 66 valence electrons. The molecule has 0 aliphatic heterocycles. The zero-order chi connectivity index (χ0) is 9.35. The zero-order valence-corrected chi connectivity index (χ0v) is 7.98. The summed E-state index contributed by atoms with van der Waals surface area (Å²) in [5.41, 5.74) is 6.75. The second kappa shape index (κ2) is 2.95. The van der Waals surface area contributed by atoms with Gasteiger partial charge in [0.25, 0.3) is 9.05 Å². The second-order valence-corrected chi connectivity index (χ2v) is 5.02. The highest BCUT2D eigenvalue weighted by molar-refractivity contribution is 8.13. The fraction of sp³-hybridized carbons (Fsp3) is 0.143. The lowest BCUT2D eigenvalue weighted by Gasteiger charge is -2.00. The van der Waals surface area contributed by atoms with Gasteiger partial charge in [0, 0.05) is 16.4 Å². The van der Waals surface area contributed by atoms with Crippen molar-refractivity contribution in [3.8, 4) is 0 Å². The summed E-state index contributed by atoms with van der Waals surface area (Å²) in [6, 6.07) is 4.34. The fourth-order valence-electron chi connectivity index (χ4n) is 0.800. The molecule has 0 heterocycles. The van der Waals surface area contributed by atoms with Gasteiger partial charge in [0.1, 0.15) is 0 Å². The summed E-state index contributed by atoms with van der Waals surface area (Å²) >= 11 is 0. The van der Waals surface area contributed by atoms with Crippen LogP contribution in [0.25, 0.3) is 0 Å². The van der Waals surface area contributed by atoms with E-state index in [0.717, 1.165) is 0 Å². The van der Waals surface area contributed by atoms with Gasteiger partial charge in [-0.15, -0.1) is 0 Å². The molecular formula is C7H8ClNO2S. The van der Waals surface area contributed by atoms with E-state index in [1.165, 1.54) is 18.2 Å². The number of anilines is 1. The van der Waals surface area contributed by atoms with Gasteiger partial charge >= 0.3 is 0 Å². The number of nitrogens with two attached hydrogens (primary N) is 1. The lowest BCUT2D eigenvalue weighted by molar-refractivity contribution is 0.609. The second-order valence-electron chi connectivity index (χ2n) is 2.46. The van der Waals surface area contributed by atoms with Crippen molar-refractivity contribution in [3.63, 3.8) is 0 Å². The van der Waals surface area contributed by atoms with Gasteiger partial charge in [0.2, 0.25) is 0 Å². The Labute approximate surface area is 75.6 Å². The van der Waals surface area contributed by atoms with Gasteiger partial charge in [0.15, 0.2) is 0 Å². The smallest absolute Gasteiger partial charge is 0.261 e. The molecule has 0 aliphatic rings. The van der Waals surface area contributed by atoms with Crippen molar-refractivity contribution >= 4 is 25.4 Å². The Bertz CT molecular complexity index is 400. The Morgan fingerprint density at radius 2 is 2.00 bits per heavy atom. The Kier molecular flexibility index (Phi) is 2.30. The molecule has 0 unspecified atom stereocenters. The minimum Gasteiger partial charge on any atom is -0.399 e. The molecule has 0 amide bonds. The normalized spacial score (nSPS) is 11.5. The average molecular weight is 206 g/mol. The van der Waals surface area contributed by atoms with Crippen molar-refractivity contribution in [2.75, 3.05) is 5.73 Å². The van der Waals surface area contributed by atoms with E-state index in [9.17, 15) is 8.42 Å². The first-order chi connectivity index (χ1) is 5.41. The zero-order valence-electron chi connectivity index (χ0n) is 6.41. The number of rotatable bonds is 1. The van der Waals surface area contributed by atoms with Gasteiger partial charge < -0.3 is 5.73 Å². The molecule has 0 radical (unpaired) electrons. The SMILES string of the molecule is Cc1cc(S(=O)(=O)Cl)ccc1N. The molecule has 1 aromatic carbocycles. The van der Waals surface area contributed by atoms with Crippen LogP contribution in [-0.4, -0.2) is 8.42 Å². The number of nitrogen functional groups attached to an aromatic ring is 1. The molecule has 0 aliphatic carbocycles. The maximum absolute atomic E-state index is 10.8. The Balaban J connectivity index is 3.33. The number of halogens is 1. The molecule has 0 aromatic heterocycles. The number of hydrogen-bond acceptors (Lipinski definition) is 3. The fourth-order valence-corrected chi connectivity index (χ4v) is 1.64. The van der Waals surface area contributed by atoms with E-state index in [-0.39, 0.29) is 4.90 Å². The minimum absolute atomic E-state index is 0.0795. The van der Waals surface area contributed by atoms with Crippen LogP contribution in [0.5, 0.6) is 0 Å². The van der Waals surface area contributed by atoms with Crippen molar-refractivity contribution in [1.29, 1.82) is 0 Å². The van der Waals surface area contributed by atoms with Crippen LogP contribution in [0, 0.1) is 6.92 Å². The highest BCUT2D eigenvalue weighted by atomic mass is 35.7. The van der Waals surface area contributed by atoms with Gasteiger partial charge in [-0.25, -0.2) is 8.42 Å². The van der Waals surface area contributed by atoms with Crippen LogP contribution < -0.4 is 5.73 Å². The highest BCUT2D eigenvalue weighted by Crippen LogP contribution is 2.19. The van der Waals surface area contributed by atoms with Crippen LogP contribution in [0.1, 0.15) is 5.56 Å². The molecule has 0 fully saturated rings. The monoisotopic (exact) mass is 205 g/mol. The molecule has 0 saturated heterocycles. The molecule has 1 rings (SSSR count). The third-order valence-electron chi connectivity index (χ3n) is 1.52. The molecule has 5 heteroatoms. The van der Waals surface area contributed by atoms with Crippen molar-refractivity contribution in [3.05, 3.63) is 23.8 Å². The van der Waals surface area contributed by atoms with Crippen LogP contribution in [0.15, 0.2) is 23.1 Å². The van der Waals surface area contributed by atoms with Crippen molar-refractivity contribution in [2.45, 2.75) is 11.8 Å². The predicted octanol–water partition coefficient (Wildman–Crippen LogP) is 1.50. The molecule has 0 saturated carbocycles. The highest BCUT2D eigenvalue weighted by Gasteiger charge is 2.09. The standard InChI is InChI=1S/C7H8ClNO2S/c1-5-4-6(12(8,10)11)2-3-7(5)9/h2-4H,9H2,1H3. The summed E-state index contributed by atoms with van der Waals surface area (Å²) in [6.45, 7) is 1.72. The van der Waals surface area contributed by atoms with Crippen LogP contribution >= 0.6 is 10.7 Å². The van der Waals surface area contributed by atoms with Gasteiger partial charge in [-0.3, -0.25) is 0 Å². The first kappa shape index (κ1) is 9.35. The van der Waals surface area contributed by atoms with Crippen LogP contribution in [0.4, 0.5) is 5.69 Å². The maximum Gasteiger partial charge on any atom is 0.261 e. The number of hydrogen-bond donors (Lipinski definition) is 1. The lowest BCUT2D eigenvalue weighted by atomic mass is 10.2. The third kappa shape index (κ3) is 1.89. The molecular weight excluding hydrogens is 198 g/mol. The van der Waals surface area contributed by atoms with Gasteiger partial charge in [-0.05, 0) is 30.7 Å². The summed E-state index contributed by atoms with van der Waals surface area (Å²) in [6.07, 6.45) is 0. The molecule has 0 spiro atoms. The predicted molar refractivity (Wildman–Crippen MR) is 48.6 cm³/mol. The van der Waals surface area contributed by atoms with E-state index in [2.05, 4.69) is 0 Å². The quantitative estimate of drug-likeness (QED) is 0.559. The summed E-state index contributed by atoms with van der Waals surface area (Å²) in [4.78, 5) is 0.0795. The summed E-state index contributed by atoms with van der Waals surface area (Å²) in [5.74, 6) is 0. The van der Waals surface area contributed by atoms with Crippen molar-refractivity contribution in [1.82, 2.24) is 0 Å². The summed E-state index contributed by atoms with van der Waals surface area (Å²) in [5, 5.41) is 0. The largest absolute Gasteiger partial charge is 0.399 e. The lowest BCUT2D eigenvalue weighted by Crippen LogP contribution is -1.94. The van der Waals surface area contributed by atoms with E-state index in [1.807, 2.05) is 0 Å². The van der Waals surface area contributed by atoms with Gasteiger partial charge in [0.05, 0.1) is 4.90 Å². The van der Waals surface area contributed by atoms with E-state index in [0.29, 0.717) is 11.3 Å². The molecule has 0 bridgehead atoms. The Hall–Kier alpha value is -0.740. The Morgan fingerprint density at radius 1 is 1.42 bits per heavy atom. The van der Waals surface area contributed by atoms with Crippen LogP contribution in [0.2, 0.25) is 0 Å². The molecule has 3 nitrogen and oxygen atoms in total. The maximum atomic E-state index is 10.8. The Morgan fingerprint density at radius 3 is 2.42 bits per heavy atom. The topological polar surface area (TPSA) is 60.2 Å².